The number of benzene rings is 1. The molecular formula is C16H26Cl2N2O2. The molecule has 2 aliphatic heterocycles. The molecule has 0 spiro atoms. The van der Waals surface area contributed by atoms with E-state index in [-0.39, 0.29) is 49.1 Å². The summed E-state index contributed by atoms with van der Waals surface area (Å²) in [7, 11) is 0. The van der Waals surface area contributed by atoms with Crippen LogP contribution in [0, 0.1) is 0 Å². The largest absolute Gasteiger partial charge is 0.395 e. The molecule has 2 N–H and O–H groups in total. The molecule has 1 aromatic rings. The van der Waals surface area contributed by atoms with E-state index in [1.807, 2.05) is 0 Å². The average molecular weight is 349 g/mol. The fourth-order valence-corrected chi connectivity index (χ4v) is 3.30. The lowest BCUT2D eigenvalue weighted by Gasteiger charge is -2.16. The van der Waals surface area contributed by atoms with Gasteiger partial charge >= 0.3 is 0 Å². The Bertz CT molecular complexity index is 454. The minimum Gasteiger partial charge on any atom is -0.395 e. The van der Waals surface area contributed by atoms with E-state index in [9.17, 15) is 0 Å². The number of aliphatic hydroxyl groups is 2. The van der Waals surface area contributed by atoms with E-state index >= 15 is 0 Å². The van der Waals surface area contributed by atoms with Crippen LogP contribution in [0.25, 0.3) is 0 Å². The van der Waals surface area contributed by atoms with Crippen molar-refractivity contribution in [1.82, 2.24) is 9.80 Å². The van der Waals surface area contributed by atoms with Crippen LogP contribution < -0.4 is 0 Å². The van der Waals surface area contributed by atoms with Crippen molar-refractivity contribution < 1.29 is 10.2 Å². The number of hydrogen-bond acceptors (Lipinski definition) is 4. The summed E-state index contributed by atoms with van der Waals surface area (Å²) in [5, 5.41) is 18.1. The van der Waals surface area contributed by atoms with Gasteiger partial charge in [-0.15, -0.1) is 24.8 Å². The molecular weight excluding hydrogens is 323 g/mol. The first-order valence-electron chi connectivity index (χ1n) is 7.37. The van der Waals surface area contributed by atoms with Crippen LogP contribution in [0.1, 0.15) is 25.0 Å². The molecule has 126 valence electrons. The highest BCUT2D eigenvalue weighted by Gasteiger charge is 2.50. The van der Waals surface area contributed by atoms with Crippen molar-refractivity contribution in [2.75, 3.05) is 39.4 Å². The van der Waals surface area contributed by atoms with E-state index < -0.39 is 0 Å². The summed E-state index contributed by atoms with van der Waals surface area (Å²) in [5.41, 5.74) is 2.87. The van der Waals surface area contributed by atoms with Gasteiger partial charge in [0.25, 0.3) is 0 Å². The molecule has 3 rings (SSSR count). The molecule has 2 saturated heterocycles. The van der Waals surface area contributed by atoms with Crippen LogP contribution in [-0.2, 0) is 11.1 Å². The van der Waals surface area contributed by atoms with Crippen molar-refractivity contribution in [1.29, 1.82) is 0 Å². The summed E-state index contributed by atoms with van der Waals surface area (Å²) in [6.45, 7) is 8.47. The van der Waals surface area contributed by atoms with Gasteiger partial charge in [0, 0.05) is 26.2 Å². The van der Waals surface area contributed by atoms with Gasteiger partial charge in [-0.2, -0.15) is 0 Å². The van der Waals surface area contributed by atoms with Crippen molar-refractivity contribution in [3.05, 3.63) is 35.4 Å². The van der Waals surface area contributed by atoms with Gasteiger partial charge in [0.1, 0.15) is 0 Å². The Kier molecular flexibility index (Phi) is 6.30. The minimum absolute atomic E-state index is 0. The van der Waals surface area contributed by atoms with Gasteiger partial charge in [-0.3, -0.25) is 9.80 Å². The number of nitrogens with zero attached hydrogens (tertiary/aromatic N) is 2. The quantitative estimate of drug-likeness (QED) is 0.766. The van der Waals surface area contributed by atoms with Crippen molar-refractivity contribution in [2.45, 2.75) is 24.9 Å². The van der Waals surface area contributed by atoms with Crippen LogP contribution >= 0.6 is 24.8 Å². The second-order valence-electron chi connectivity index (χ2n) is 6.42. The molecule has 2 aliphatic rings. The molecule has 0 amide bonds. The molecule has 2 heterocycles. The SMILES string of the molecule is CC1(c2ccc(C3(C)CN3CCO)cc2)CN1CCO.Cl.Cl. The van der Waals surface area contributed by atoms with Gasteiger partial charge in [-0.25, -0.2) is 0 Å². The second kappa shape index (κ2) is 7.04. The summed E-state index contributed by atoms with van der Waals surface area (Å²) in [5.74, 6) is 0. The van der Waals surface area contributed by atoms with Crippen LogP contribution in [0.2, 0.25) is 0 Å². The van der Waals surface area contributed by atoms with Crippen LogP contribution in [0.4, 0.5) is 0 Å². The molecule has 0 aromatic heterocycles. The second-order valence-corrected chi connectivity index (χ2v) is 6.42. The lowest BCUT2D eigenvalue weighted by molar-refractivity contribution is 0.253. The predicted octanol–water partition coefficient (Wildman–Crippen LogP) is 1.58. The van der Waals surface area contributed by atoms with E-state index in [0.29, 0.717) is 0 Å². The molecule has 0 radical (unpaired) electrons. The third-order valence-corrected chi connectivity index (χ3v) is 5.05. The Hall–Kier alpha value is -0.360. The van der Waals surface area contributed by atoms with Crippen molar-refractivity contribution in [2.24, 2.45) is 0 Å². The number of hydrogen-bond donors (Lipinski definition) is 2. The van der Waals surface area contributed by atoms with E-state index in [1.165, 1.54) is 11.1 Å². The summed E-state index contributed by atoms with van der Waals surface area (Å²) in [6, 6.07) is 8.86. The molecule has 6 heteroatoms. The zero-order chi connectivity index (χ0) is 14.4. The van der Waals surface area contributed by atoms with Gasteiger partial charge in [0.05, 0.1) is 24.3 Å². The van der Waals surface area contributed by atoms with Crippen LogP contribution in [0.3, 0.4) is 0 Å². The van der Waals surface area contributed by atoms with E-state index in [0.717, 1.165) is 26.2 Å². The summed E-state index contributed by atoms with van der Waals surface area (Å²) >= 11 is 0. The third-order valence-electron chi connectivity index (χ3n) is 5.05. The van der Waals surface area contributed by atoms with Gasteiger partial charge in [0.15, 0.2) is 0 Å². The molecule has 22 heavy (non-hydrogen) atoms. The van der Waals surface area contributed by atoms with Crippen LogP contribution in [0.5, 0.6) is 0 Å². The monoisotopic (exact) mass is 348 g/mol. The molecule has 0 aliphatic carbocycles. The minimum atomic E-state index is 0. The molecule has 4 atom stereocenters. The average Bonchev–Trinajstić information content (AvgIpc) is 3.30. The van der Waals surface area contributed by atoms with Gasteiger partial charge in [-0.1, -0.05) is 24.3 Å². The highest BCUT2D eigenvalue weighted by molar-refractivity contribution is 5.85. The number of rotatable bonds is 6. The summed E-state index contributed by atoms with van der Waals surface area (Å²) in [4.78, 5) is 4.58. The van der Waals surface area contributed by atoms with Gasteiger partial charge in [0.2, 0.25) is 0 Å². The topological polar surface area (TPSA) is 46.5 Å². The maximum Gasteiger partial charge on any atom is 0.0561 e. The first kappa shape index (κ1) is 19.7. The lowest BCUT2D eigenvalue weighted by Crippen LogP contribution is -2.17. The first-order valence-corrected chi connectivity index (χ1v) is 7.37. The third kappa shape index (κ3) is 3.28. The Labute approximate surface area is 144 Å². The standard InChI is InChI=1S/C16H24N2O2.2ClH/c1-15(11-17(15)7-9-19)13-3-5-14(6-4-13)16(2)12-18(16)8-10-20;;/h3-6,19-20H,7-12H2,1-2H3;2*1H. The number of halogens is 2. The molecule has 4 nitrogen and oxygen atoms in total. The van der Waals surface area contributed by atoms with E-state index in [1.54, 1.807) is 0 Å². The van der Waals surface area contributed by atoms with E-state index in [4.69, 9.17) is 10.2 Å². The molecule has 1 aromatic carbocycles. The maximum atomic E-state index is 9.03. The molecule has 0 saturated carbocycles. The number of β-amino-alcohol motifs (C(OH)–C–C–N with tert-alkyl or cyclic N) is 2. The van der Waals surface area contributed by atoms with Crippen molar-refractivity contribution in [3.8, 4) is 0 Å². The fourth-order valence-electron chi connectivity index (χ4n) is 3.30. The highest BCUT2D eigenvalue weighted by Crippen LogP contribution is 2.45. The van der Waals surface area contributed by atoms with Crippen LogP contribution in [0.15, 0.2) is 24.3 Å². The summed E-state index contributed by atoms with van der Waals surface area (Å²) in [6.07, 6.45) is 0. The normalized spacial score (nSPS) is 35.3. The highest BCUT2D eigenvalue weighted by atomic mass is 35.5. The van der Waals surface area contributed by atoms with Gasteiger partial charge in [-0.05, 0) is 25.0 Å². The van der Waals surface area contributed by atoms with Gasteiger partial charge < -0.3 is 10.2 Å². The van der Waals surface area contributed by atoms with Crippen LogP contribution in [-0.4, -0.2) is 59.4 Å². The smallest absolute Gasteiger partial charge is 0.0561 e. The van der Waals surface area contributed by atoms with Crippen molar-refractivity contribution in [3.63, 3.8) is 0 Å². The predicted molar refractivity (Wildman–Crippen MR) is 93.0 cm³/mol. The summed E-state index contributed by atoms with van der Waals surface area (Å²) < 4.78 is 0. The fraction of sp³-hybridized carbons (Fsp3) is 0.625. The first-order chi connectivity index (χ1) is 9.54. The molecule has 2 fully saturated rings. The lowest BCUT2D eigenvalue weighted by atomic mass is 9.95. The Morgan fingerprint density at radius 3 is 1.41 bits per heavy atom. The Morgan fingerprint density at radius 1 is 0.818 bits per heavy atom. The Morgan fingerprint density at radius 2 is 1.14 bits per heavy atom. The molecule has 0 bridgehead atoms. The maximum absolute atomic E-state index is 9.03. The molecule has 4 unspecified atom stereocenters. The zero-order valence-electron chi connectivity index (χ0n) is 13.2. The van der Waals surface area contributed by atoms with Crippen molar-refractivity contribution >= 4 is 24.8 Å². The Balaban J connectivity index is 0.00000121. The van der Waals surface area contributed by atoms with E-state index in [2.05, 4.69) is 47.9 Å². The zero-order valence-corrected chi connectivity index (χ0v) is 14.8. The number of aliphatic hydroxyl groups excluding tert-OH is 2.